The van der Waals surface area contributed by atoms with Gasteiger partial charge in [-0.3, -0.25) is 43.8 Å². The second-order valence-corrected chi connectivity index (χ2v) is 14.1. The van der Waals surface area contributed by atoms with Crippen molar-refractivity contribution < 1.29 is 52.5 Å². The first-order chi connectivity index (χ1) is 28.1. The van der Waals surface area contributed by atoms with E-state index in [-0.39, 0.29) is 48.8 Å². The van der Waals surface area contributed by atoms with Crippen molar-refractivity contribution in [1.82, 2.24) is 20.9 Å². The summed E-state index contributed by atoms with van der Waals surface area (Å²) in [5, 5.41) is 7.93. The summed E-state index contributed by atoms with van der Waals surface area (Å²) in [7, 11) is 3.16. The van der Waals surface area contributed by atoms with Crippen LogP contribution >= 0.6 is 0 Å². The fourth-order valence-electron chi connectivity index (χ4n) is 7.07. The van der Waals surface area contributed by atoms with Crippen LogP contribution < -0.4 is 30.2 Å². The fraction of sp³-hybridized carbons (Fsp3) is 0.419. The summed E-state index contributed by atoms with van der Waals surface area (Å²) >= 11 is 0. The third-order valence-corrected chi connectivity index (χ3v) is 10.1. The third-order valence-electron chi connectivity index (χ3n) is 10.1. The highest BCUT2D eigenvalue weighted by molar-refractivity contribution is 6.24. The van der Waals surface area contributed by atoms with E-state index in [1.165, 1.54) is 6.07 Å². The number of rotatable bonds is 23. The Kier molecular flexibility index (Phi) is 15.8. The first-order valence-corrected chi connectivity index (χ1v) is 19.5. The van der Waals surface area contributed by atoms with Gasteiger partial charge in [0.25, 0.3) is 24.2 Å². The van der Waals surface area contributed by atoms with Crippen molar-refractivity contribution >= 4 is 41.9 Å². The number of hydrogen-bond donors (Lipinski definition) is 3. The molecule has 0 radical (unpaired) electrons. The summed E-state index contributed by atoms with van der Waals surface area (Å²) < 4.78 is 21.7. The Morgan fingerprint density at radius 1 is 0.845 bits per heavy atom. The van der Waals surface area contributed by atoms with E-state index in [4.69, 9.17) is 18.9 Å². The molecule has 6 amide bonds. The number of ether oxygens (including phenoxy) is 4. The Morgan fingerprint density at radius 2 is 1.53 bits per heavy atom. The number of imide groups is 2. The standard InChI is InChI=1S/C43H50N4O11/c1-55-35-20-13-28(24-36(35)56-2)12-19-34(58-27-48)29-14-16-31(17-15-29)57-26-39(51)45-23-8-6-4-3-5-7-22-44-38(50)25-30-10-9-11-32-40(30)43(54)47(42(32)53)33-18-21-37(49)46-41(33)52/h9-11,13-17,20,24,27,33-34H,3-8,12,18-19,21-23,25-26H2,1-2H3,(H,44,50)(H,45,51)(H,46,49,52). The Labute approximate surface area is 337 Å². The molecule has 58 heavy (non-hydrogen) atoms. The molecule has 0 aliphatic carbocycles. The molecule has 0 saturated carbocycles. The number of amides is 6. The van der Waals surface area contributed by atoms with E-state index in [0.29, 0.717) is 55.2 Å². The minimum atomic E-state index is -1.07. The van der Waals surface area contributed by atoms with Gasteiger partial charge in [0.15, 0.2) is 18.1 Å². The van der Waals surface area contributed by atoms with Gasteiger partial charge in [-0.05, 0) is 79.1 Å². The minimum absolute atomic E-state index is 0.0294. The number of fused-ring (bicyclic) bond motifs is 1. The molecule has 3 N–H and O–H groups in total. The molecule has 3 aromatic rings. The zero-order valence-electron chi connectivity index (χ0n) is 32.8. The van der Waals surface area contributed by atoms with Crippen LogP contribution in [-0.4, -0.2) is 86.8 Å². The molecule has 0 spiro atoms. The topological polar surface area (TPSA) is 196 Å². The molecule has 5 rings (SSSR count). The van der Waals surface area contributed by atoms with Crippen LogP contribution in [0.4, 0.5) is 0 Å². The summed E-state index contributed by atoms with van der Waals surface area (Å²) in [6.45, 7) is 1.32. The number of benzene rings is 3. The number of unbranched alkanes of at least 4 members (excludes halogenated alkanes) is 5. The second-order valence-electron chi connectivity index (χ2n) is 14.1. The highest BCUT2D eigenvalue weighted by Crippen LogP contribution is 2.32. The van der Waals surface area contributed by atoms with E-state index in [1.54, 1.807) is 38.5 Å². The van der Waals surface area contributed by atoms with E-state index in [1.807, 2.05) is 30.3 Å². The molecule has 1 saturated heterocycles. The maximum absolute atomic E-state index is 13.3. The molecule has 2 unspecified atom stereocenters. The van der Waals surface area contributed by atoms with Gasteiger partial charge < -0.3 is 29.6 Å². The molecule has 1 fully saturated rings. The number of piperidine rings is 1. The van der Waals surface area contributed by atoms with Crippen molar-refractivity contribution in [2.45, 2.75) is 82.8 Å². The highest BCUT2D eigenvalue weighted by atomic mass is 16.5. The van der Waals surface area contributed by atoms with Crippen LogP contribution in [0, 0.1) is 0 Å². The SMILES string of the molecule is COc1ccc(CCC(OC=O)c2ccc(OCC(=O)NCCCCCCCCNC(=O)Cc3cccc4c3C(=O)N(C3CCC(=O)NC3=O)C4=O)cc2)cc1OC. The van der Waals surface area contributed by atoms with E-state index in [9.17, 15) is 33.6 Å². The van der Waals surface area contributed by atoms with Crippen LogP contribution in [0.2, 0.25) is 0 Å². The molecule has 2 heterocycles. The van der Waals surface area contributed by atoms with Gasteiger partial charge in [0.2, 0.25) is 17.7 Å². The molecule has 3 aromatic carbocycles. The lowest BCUT2D eigenvalue weighted by Crippen LogP contribution is -2.54. The Bertz CT molecular complexity index is 1970. The van der Waals surface area contributed by atoms with E-state index in [2.05, 4.69) is 16.0 Å². The van der Waals surface area contributed by atoms with Crippen LogP contribution in [-0.2, 0) is 41.6 Å². The molecule has 2 aliphatic rings. The number of carbonyl (C=O) groups is 7. The summed E-state index contributed by atoms with van der Waals surface area (Å²) in [5.41, 5.74) is 2.50. The van der Waals surface area contributed by atoms with Crippen LogP contribution in [0.1, 0.15) is 101 Å². The van der Waals surface area contributed by atoms with Gasteiger partial charge in [0, 0.05) is 19.5 Å². The second kappa shape index (κ2) is 21.3. The molecule has 15 nitrogen and oxygen atoms in total. The van der Waals surface area contributed by atoms with Crippen LogP contribution in [0.15, 0.2) is 60.7 Å². The van der Waals surface area contributed by atoms with Gasteiger partial charge >= 0.3 is 0 Å². The molecular formula is C43H50N4O11. The number of nitrogens with one attached hydrogen (secondary N) is 3. The fourth-order valence-corrected chi connectivity index (χ4v) is 7.07. The average molecular weight is 799 g/mol. The minimum Gasteiger partial charge on any atom is -0.493 e. The van der Waals surface area contributed by atoms with Gasteiger partial charge in [0.1, 0.15) is 17.9 Å². The van der Waals surface area contributed by atoms with Gasteiger partial charge in [-0.25, -0.2) is 0 Å². The van der Waals surface area contributed by atoms with Crippen molar-refractivity contribution in [3.05, 3.63) is 88.5 Å². The zero-order valence-corrected chi connectivity index (χ0v) is 32.8. The van der Waals surface area contributed by atoms with E-state index < -0.39 is 35.8 Å². The molecule has 0 bridgehead atoms. The largest absolute Gasteiger partial charge is 0.493 e. The smallest absolute Gasteiger partial charge is 0.293 e. The molecule has 2 aliphatic heterocycles. The van der Waals surface area contributed by atoms with E-state index in [0.717, 1.165) is 54.6 Å². The number of nitrogens with zero attached hydrogens (tertiary/aromatic N) is 1. The highest BCUT2D eigenvalue weighted by Gasteiger charge is 2.45. The van der Waals surface area contributed by atoms with Crippen molar-refractivity contribution in [3.63, 3.8) is 0 Å². The lowest BCUT2D eigenvalue weighted by atomic mass is 10.00. The third kappa shape index (κ3) is 11.4. The van der Waals surface area contributed by atoms with Crippen molar-refractivity contribution in [2.24, 2.45) is 0 Å². The number of carbonyl (C=O) groups excluding carboxylic acids is 7. The first-order valence-electron chi connectivity index (χ1n) is 19.5. The molecule has 15 heteroatoms. The molecule has 2 atom stereocenters. The maximum Gasteiger partial charge on any atom is 0.293 e. The number of aryl methyl sites for hydroxylation is 1. The zero-order chi connectivity index (χ0) is 41.4. The van der Waals surface area contributed by atoms with E-state index >= 15 is 0 Å². The quantitative estimate of drug-likeness (QED) is 0.0709. The predicted molar refractivity (Wildman–Crippen MR) is 210 cm³/mol. The maximum atomic E-state index is 13.3. The van der Waals surface area contributed by atoms with Crippen LogP contribution in [0.3, 0.4) is 0 Å². The number of methoxy groups -OCH3 is 2. The summed E-state index contributed by atoms with van der Waals surface area (Å²) in [5.74, 6) is -1.08. The summed E-state index contributed by atoms with van der Waals surface area (Å²) in [4.78, 5) is 87.4. The van der Waals surface area contributed by atoms with Crippen molar-refractivity contribution in [3.8, 4) is 17.2 Å². The first kappa shape index (κ1) is 42.9. The van der Waals surface area contributed by atoms with Crippen molar-refractivity contribution in [1.29, 1.82) is 0 Å². The monoisotopic (exact) mass is 798 g/mol. The Balaban J connectivity index is 0.913. The summed E-state index contributed by atoms with van der Waals surface area (Å²) in [6.07, 6.45) is 6.14. The number of hydrogen-bond acceptors (Lipinski definition) is 11. The lowest BCUT2D eigenvalue weighted by Gasteiger charge is -2.27. The van der Waals surface area contributed by atoms with Gasteiger partial charge in [-0.1, -0.05) is 56.0 Å². The van der Waals surface area contributed by atoms with Crippen molar-refractivity contribution in [2.75, 3.05) is 33.9 Å². The Morgan fingerprint density at radius 3 is 2.21 bits per heavy atom. The van der Waals surface area contributed by atoms with Gasteiger partial charge in [-0.15, -0.1) is 0 Å². The Hall–Kier alpha value is -6.25. The van der Waals surface area contributed by atoms with Crippen LogP contribution in [0.5, 0.6) is 17.2 Å². The molecular weight excluding hydrogens is 748 g/mol. The molecule has 308 valence electrons. The van der Waals surface area contributed by atoms with Crippen LogP contribution in [0.25, 0.3) is 0 Å². The molecule has 0 aromatic heterocycles. The average Bonchev–Trinajstić information content (AvgIpc) is 3.48. The van der Waals surface area contributed by atoms with Gasteiger partial charge in [-0.2, -0.15) is 0 Å². The van der Waals surface area contributed by atoms with Gasteiger partial charge in [0.05, 0.1) is 31.8 Å². The summed E-state index contributed by atoms with van der Waals surface area (Å²) in [6, 6.07) is 16.5. The normalized spacial score (nSPS) is 15.3. The predicted octanol–water partition coefficient (Wildman–Crippen LogP) is 4.15. The lowest BCUT2D eigenvalue weighted by molar-refractivity contribution is -0.136.